The van der Waals surface area contributed by atoms with Crippen LogP contribution in [0.3, 0.4) is 0 Å². The van der Waals surface area contributed by atoms with Crippen molar-refractivity contribution >= 4 is 0 Å². The van der Waals surface area contributed by atoms with Crippen molar-refractivity contribution in [1.82, 2.24) is 14.8 Å². The fraction of sp³-hybridized carbons (Fsp3) is 0.222. The predicted molar refractivity (Wildman–Crippen MR) is 87.1 cm³/mol. The Hall–Kier alpha value is -2.66. The molecule has 0 saturated heterocycles. The van der Waals surface area contributed by atoms with E-state index in [0.717, 1.165) is 17.1 Å². The van der Waals surface area contributed by atoms with Crippen LogP contribution in [-0.4, -0.2) is 26.5 Å². The van der Waals surface area contributed by atoms with E-state index >= 15 is 0 Å². The first-order valence-electron chi connectivity index (χ1n) is 7.54. The Balaban J connectivity index is 1.64. The van der Waals surface area contributed by atoms with E-state index in [1.54, 1.807) is 4.68 Å². The molecule has 2 aromatic carbocycles. The van der Waals surface area contributed by atoms with Gasteiger partial charge in [0.25, 0.3) is 0 Å². The standard InChI is InChI=1S/C18H19N3O2/c1-21-16(12-13-23-15-10-6-3-7-11-15)19-18(20-21)17(22)14-8-4-2-5-9-14/h2-11,17,22H,12-13H2,1H3/t17-/m0/s1. The van der Waals surface area contributed by atoms with Crippen LogP contribution in [0.5, 0.6) is 5.75 Å². The van der Waals surface area contributed by atoms with Crippen molar-refractivity contribution in [2.75, 3.05) is 6.61 Å². The predicted octanol–water partition coefficient (Wildman–Crippen LogP) is 2.52. The molecule has 0 saturated carbocycles. The Morgan fingerprint density at radius 3 is 2.39 bits per heavy atom. The second kappa shape index (κ2) is 7.07. The van der Waals surface area contributed by atoms with E-state index in [9.17, 15) is 5.11 Å². The quantitative estimate of drug-likeness (QED) is 0.760. The number of rotatable bonds is 6. The SMILES string of the molecule is Cn1nc([C@@H](O)c2ccccc2)nc1CCOc1ccccc1. The topological polar surface area (TPSA) is 60.2 Å². The van der Waals surface area contributed by atoms with Gasteiger partial charge < -0.3 is 9.84 Å². The highest BCUT2D eigenvalue weighted by Crippen LogP contribution is 2.18. The summed E-state index contributed by atoms with van der Waals surface area (Å²) in [4.78, 5) is 4.44. The summed E-state index contributed by atoms with van der Waals surface area (Å²) < 4.78 is 7.37. The van der Waals surface area contributed by atoms with Gasteiger partial charge in [-0.3, -0.25) is 4.68 Å². The molecule has 0 aliphatic carbocycles. The smallest absolute Gasteiger partial charge is 0.183 e. The molecule has 0 spiro atoms. The van der Waals surface area contributed by atoms with E-state index in [1.165, 1.54) is 0 Å². The van der Waals surface area contributed by atoms with Crippen LogP contribution in [0.4, 0.5) is 0 Å². The molecule has 0 unspecified atom stereocenters. The van der Waals surface area contributed by atoms with Gasteiger partial charge in [0.05, 0.1) is 6.61 Å². The van der Waals surface area contributed by atoms with Crippen LogP contribution in [0.25, 0.3) is 0 Å². The minimum Gasteiger partial charge on any atom is -0.493 e. The van der Waals surface area contributed by atoms with E-state index in [1.807, 2.05) is 67.7 Å². The first-order chi connectivity index (χ1) is 11.2. The van der Waals surface area contributed by atoms with Crippen LogP contribution < -0.4 is 4.74 Å². The zero-order chi connectivity index (χ0) is 16.1. The summed E-state index contributed by atoms with van der Waals surface area (Å²) in [6.07, 6.45) is -0.189. The molecular weight excluding hydrogens is 290 g/mol. The summed E-state index contributed by atoms with van der Waals surface area (Å²) in [6, 6.07) is 19.1. The average molecular weight is 309 g/mol. The molecule has 0 fully saturated rings. The highest BCUT2D eigenvalue weighted by Gasteiger charge is 2.17. The van der Waals surface area contributed by atoms with Gasteiger partial charge in [0.2, 0.25) is 0 Å². The second-order valence-corrected chi connectivity index (χ2v) is 5.23. The van der Waals surface area contributed by atoms with Crippen molar-refractivity contribution in [3.63, 3.8) is 0 Å². The van der Waals surface area contributed by atoms with Crippen molar-refractivity contribution in [3.05, 3.63) is 77.9 Å². The molecule has 1 N–H and O–H groups in total. The molecule has 0 aliphatic rings. The minimum absolute atomic E-state index is 0.411. The van der Waals surface area contributed by atoms with Crippen molar-refractivity contribution in [2.24, 2.45) is 7.05 Å². The third-order valence-electron chi connectivity index (χ3n) is 3.57. The minimum atomic E-state index is -0.814. The average Bonchev–Trinajstić information content (AvgIpc) is 2.97. The van der Waals surface area contributed by atoms with Crippen molar-refractivity contribution in [3.8, 4) is 5.75 Å². The van der Waals surface area contributed by atoms with E-state index in [4.69, 9.17) is 4.74 Å². The van der Waals surface area contributed by atoms with Gasteiger partial charge in [-0.05, 0) is 17.7 Å². The zero-order valence-corrected chi connectivity index (χ0v) is 13.0. The van der Waals surface area contributed by atoms with Crippen LogP contribution in [0.15, 0.2) is 60.7 Å². The largest absolute Gasteiger partial charge is 0.493 e. The van der Waals surface area contributed by atoms with Crippen LogP contribution in [0, 0.1) is 0 Å². The fourth-order valence-electron chi connectivity index (χ4n) is 2.33. The maximum absolute atomic E-state index is 10.4. The van der Waals surface area contributed by atoms with E-state index in [0.29, 0.717) is 18.9 Å². The number of para-hydroxylation sites is 1. The molecule has 5 heteroatoms. The van der Waals surface area contributed by atoms with Crippen molar-refractivity contribution in [1.29, 1.82) is 0 Å². The number of hydrogen-bond donors (Lipinski definition) is 1. The first-order valence-corrected chi connectivity index (χ1v) is 7.54. The lowest BCUT2D eigenvalue weighted by atomic mass is 10.1. The zero-order valence-electron chi connectivity index (χ0n) is 13.0. The van der Waals surface area contributed by atoms with Gasteiger partial charge in [0, 0.05) is 13.5 Å². The number of aromatic nitrogens is 3. The van der Waals surface area contributed by atoms with Gasteiger partial charge in [-0.15, -0.1) is 0 Å². The molecule has 23 heavy (non-hydrogen) atoms. The van der Waals surface area contributed by atoms with Gasteiger partial charge in [-0.1, -0.05) is 48.5 Å². The molecule has 1 aromatic heterocycles. The highest BCUT2D eigenvalue weighted by atomic mass is 16.5. The molecular formula is C18H19N3O2. The number of aryl methyl sites for hydroxylation is 1. The lowest BCUT2D eigenvalue weighted by Crippen LogP contribution is -2.06. The molecule has 1 heterocycles. The summed E-state index contributed by atoms with van der Waals surface area (Å²) in [6.45, 7) is 0.511. The molecule has 3 aromatic rings. The Kier molecular flexibility index (Phi) is 4.68. The third-order valence-corrected chi connectivity index (χ3v) is 3.57. The van der Waals surface area contributed by atoms with Crippen LogP contribution >= 0.6 is 0 Å². The number of aliphatic hydroxyl groups is 1. The van der Waals surface area contributed by atoms with Gasteiger partial charge in [0.15, 0.2) is 5.82 Å². The number of aliphatic hydroxyl groups excluding tert-OH is 1. The van der Waals surface area contributed by atoms with Gasteiger partial charge in [0.1, 0.15) is 17.7 Å². The highest BCUT2D eigenvalue weighted by molar-refractivity contribution is 5.23. The van der Waals surface area contributed by atoms with Gasteiger partial charge in [-0.25, -0.2) is 4.98 Å². The number of ether oxygens (including phenoxy) is 1. The molecule has 118 valence electrons. The van der Waals surface area contributed by atoms with Crippen LogP contribution in [0.2, 0.25) is 0 Å². The molecule has 0 aliphatic heterocycles. The Morgan fingerprint density at radius 2 is 1.70 bits per heavy atom. The van der Waals surface area contributed by atoms with Crippen LogP contribution in [0.1, 0.15) is 23.3 Å². The third kappa shape index (κ3) is 3.76. The Morgan fingerprint density at radius 1 is 1.04 bits per heavy atom. The van der Waals surface area contributed by atoms with Crippen molar-refractivity contribution in [2.45, 2.75) is 12.5 Å². The van der Waals surface area contributed by atoms with Gasteiger partial charge in [-0.2, -0.15) is 5.10 Å². The van der Waals surface area contributed by atoms with E-state index < -0.39 is 6.10 Å². The first kappa shape index (κ1) is 15.2. The summed E-state index contributed by atoms with van der Waals surface area (Å²) in [7, 11) is 1.83. The van der Waals surface area contributed by atoms with E-state index in [2.05, 4.69) is 10.1 Å². The maximum Gasteiger partial charge on any atom is 0.183 e. The lowest BCUT2D eigenvalue weighted by Gasteiger charge is -2.05. The summed E-state index contributed by atoms with van der Waals surface area (Å²) in [5, 5.41) is 14.7. The second-order valence-electron chi connectivity index (χ2n) is 5.23. The maximum atomic E-state index is 10.4. The normalized spacial score (nSPS) is 12.1. The molecule has 1 atom stereocenters. The number of nitrogens with zero attached hydrogens (tertiary/aromatic N) is 3. The number of benzene rings is 2. The molecule has 0 amide bonds. The molecule has 0 bridgehead atoms. The molecule has 5 nitrogen and oxygen atoms in total. The summed E-state index contributed by atoms with van der Waals surface area (Å²) >= 11 is 0. The summed E-state index contributed by atoms with van der Waals surface area (Å²) in [5.74, 6) is 2.03. The Bertz CT molecular complexity index is 741. The molecule has 0 radical (unpaired) electrons. The Labute approximate surface area is 135 Å². The van der Waals surface area contributed by atoms with Gasteiger partial charge >= 0.3 is 0 Å². The molecule has 3 rings (SSSR count). The van der Waals surface area contributed by atoms with Crippen molar-refractivity contribution < 1.29 is 9.84 Å². The lowest BCUT2D eigenvalue weighted by molar-refractivity contribution is 0.209. The van der Waals surface area contributed by atoms with Crippen LogP contribution in [-0.2, 0) is 13.5 Å². The summed E-state index contributed by atoms with van der Waals surface area (Å²) in [5.41, 5.74) is 0.783. The monoisotopic (exact) mass is 309 g/mol. The number of hydrogen-bond acceptors (Lipinski definition) is 4. The van der Waals surface area contributed by atoms with E-state index in [-0.39, 0.29) is 0 Å². The fourth-order valence-corrected chi connectivity index (χ4v) is 2.33.